The van der Waals surface area contributed by atoms with Gasteiger partial charge in [0, 0.05) is 25.6 Å². The molecule has 0 radical (unpaired) electrons. The zero-order valence-corrected chi connectivity index (χ0v) is 11.8. The Bertz CT molecular complexity index is 680. The van der Waals surface area contributed by atoms with Crippen LogP contribution in [0.2, 0.25) is 0 Å². The maximum absolute atomic E-state index is 13.9. The molecule has 2 atom stereocenters. The van der Waals surface area contributed by atoms with Crippen LogP contribution in [0.3, 0.4) is 0 Å². The van der Waals surface area contributed by atoms with Gasteiger partial charge in [-0.2, -0.15) is 0 Å². The number of halogens is 1. The zero-order chi connectivity index (χ0) is 15.5. The standard InChI is InChI=1S/C15H15FN2O4/c16-11-7-9(19)1-2-10(11)14(21)17-4-3-15-12(17)8-13(20)18(15)5-6-22-15/h1-2,7,12,19H,3-6,8H2/t12-,15+/m1/s1. The first-order valence-corrected chi connectivity index (χ1v) is 7.27. The molecule has 3 saturated heterocycles. The fourth-order valence-electron chi connectivity index (χ4n) is 3.87. The number of carbonyl (C=O) groups excluding carboxylic acids is 2. The largest absolute Gasteiger partial charge is 0.508 e. The van der Waals surface area contributed by atoms with Gasteiger partial charge in [0.15, 0.2) is 5.72 Å². The summed E-state index contributed by atoms with van der Waals surface area (Å²) in [6, 6.07) is 3.09. The Morgan fingerprint density at radius 3 is 3.00 bits per heavy atom. The van der Waals surface area contributed by atoms with Gasteiger partial charge in [-0.1, -0.05) is 0 Å². The van der Waals surface area contributed by atoms with Crippen molar-refractivity contribution >= 4 is 11.8 Å². The van der Waals surface area contributed by atoms with Crippen LogP contribution in [0.4, 0.5) is 4.39 Å². The number of likely N-dealkylation sites (tertiary alicyclic amines) is 1. The fourth-order valence-corrected chi connectivity index (χ4v) is 3.87. The summed E-state index contributed by atoms with van der Waals surface area (Å²) in [7, 11) is 0. The van der Waals surface area contributed by atoms with Gasteiger partial charge in [0.1, 0.15) is 11.6 Å². The molecule has 0 saturated carbocycles. The van der Waals surface area contributed by atoms with Gasteiger partial charge in [-0.25, -0.2) is 4.39 Å². The minimum Gasteiger partial charge on any atom is -0.508 e. The molecule has 7 heteroatoms. The Labute approximate surface area is 126 Å². The van der Waals surface area contributed by atoms with Gasteiger partial charge in [-0.3, -0.25) is 9.59 Å². The SMILES string of the molecule is O=C(c1ccc(O)cc1F)N1CC[C@@]23OCCN2C(=O)C[C@@H]13. The van der Waals surface area contributed by atoms with Crippen LogP contribution in [0.5, 0.6) is 5.75 Å². The van der Waals surface area contributed by atoms with Crippen molar-refractivity contribution in [1.82, 2.24) is 9.80 Å². The molecule has 1 N–H and O–H groups in total. The minimum atomic E-state index is -0.764. The quantitative estimate of drug-likeness (QED) is 0.829. The normalized spacial score (nSPS) is 29.9. The molecule has 1 aromatic carbocycles. The Hall–Kier alpha value is -2.15. The molecule has 22 heavy (non-hydrogen) atoms. The summed E-state index contributed by atoms with van der Waals surface area (Å²) in [5, 5.41) is 9.26. The molecule has 0 unspecified atom stereocenters. The Kier molecular flexibility index (Phi) is 2.72. The number of hydrogen-bond acceptors (Lipinski definition) is 4. The third kappa shape index (κ3) is 1.62. The van der Waals surface area contributed by atoms with Crippen molar-refractivity contribution in [1.29, 1.82) is 0 Å². The van der Waals surface area contributed by atoms with Gasteiger partial charge >= 0.3 is 0 Å². The molecule has 3 aliphatic heterocycles. The van der Waals surface area contributed by atoms with Crippen molar-refractivity contribution in [2.75, 3.05) is 19.7 Å². The molecule has 0 aliphatic carbocycles. The van der Waals surface area contributed by atoms with E-state index >= 15 is 0 Å². The molecule has 2 amide bonds. The first-order chi connectivity index (χ1) is 10.5. The second-order valence-corrected chi connectivity index (χ2v) is 5.87. The molecule has 3 heterocycles. The highest BCUT2D eigenvalue weighted by atomic mass is 19.1. The van der Waals surface area contributed by atoms with Gasteiger partial charge in [-0.15, -0.1) is 0 Å². The monoisotopic (exact) mass is 306 g/mol. The summed E-state index contributed by atoms with van der Waals surface area (Å²) in [6.45, 7) is 1.44. The highest BCUT2D eigenvalue weighted by Gasteiger charge is 2.62. The van der Waals surface area contributed by atoms with Crippen LogP contribution in [-0.2, 0) is 9.53 Å². The molecule has 3 aliphatic rings. The molecule has 1 spiro atoms. The number of nitrogens with zero attached hydrogens (tertiary/aromatic N) is 2. The van der Waals surface area contributed by atoms with Crippen molar-refractivity contribution in [3.63, 3.8) is 0 Å². The average Bonchev–Trinajstić information content (AvgIpc) is 3.10. The van der Waals surface area contributed by atoms with Gasteiger partial charge in [-0.05, 0) is 12.1 Å². The number of phenols is 1. The van der Waals surface area contributed by atoms with Crippen LogP contribution in [0, 0.1) is 5.82 Å². The van der Waals surface area contributed by atoms with E-state index in [4.69, 9.17) is 4.74 Å². The Balaban J connectivity index is 1.67. The van der Waals surface area contributed by atoms with Crippen LogP contribution in [0.25, 0.3) is 0 Å². The second-order valence-electron chi connectivity index (χ2n) is 5.87. The lowest BCUT2D eigenvalue weighted by molar-refractivity contribution is -0.136. The molecule has 3 fully saturated rings. The first-order valence-electron chi connectivity index (χ1n) is 7.27. The summed E-state index contributed by atoms with van der Waals surface area (Å²) < 4.78 is 19.7. The van der Waals surface area contributed by atoms with Crippen molar-refractivity contribution in [3.05, 3.63) is 29.6 Å². The summed E-state index contributed by atoms with van der Waals surface area (Å²) in [5.74, 6) is -1.48. The average molecular weight is 306 g/mol. The topological polar surface area (TPSA) is 70.1 Å². The van der Waals surface area contributed by atoms with Gasteiger partial charge in [0.25, 0.3) is 5.91 Å². The van der Waals surface area contributed by atoms with E-state index in [1.165, 1.54) is 17.0 Å². The van der Waals surface area contributed by atoms with Gasteiger partial charge < -0.3 is 19.6 Å². The molecule has 4 rings (SSSR count). The lowest BCUT2D eigenvalue weighted by Crippen LogP contribution is -2.48. The first kappa shape index (κ1) is 13.5. The molecule has 116 valence electrons. The van der Waals surface area contributed by atoms with E-state index in [2.05, 4.69) is 0 Å². The number of rotatable bonds is 1. The summed E-state index contributed by atoms with van der Waals surface area (Å²) in [5.41, 5.74) is -0.820. The van der Waals surface area contributed by atoms with E-state index < -0.39 is 17.4 Å². The van der Waals surface area contributed by atoms with Crippen LogP contribution < -0.4 is 0 Å². The number of hydrogen-bond donors (Lipinski definition) is 1. The predicted molar refractivity (Wildman–Crippen MR) is 72.5 cm³/mol. The van der Waals surface area contributed by atoms with E-state index in [1.54, 1.807) is 4.90 Å². The van der Waals surface area contributed by atoms with Crippen molar-refractivity contribution in [2.45, 2.75) is 24.6 Å². The van der Waals surface area contributed by atoms with Gasteiger partial charge in [0.2, 0.25) is 5.91 Å². The van der Waals surface area contributed by atoms with E-state index in [1.807, 2.05) is 0 Å². The molecule has 0 aromatic heterocycles. The highest BCUT2D eigenvalue weighted by Crippen LogP contribution is 2.46. The van der Waals surface area contributed by atoms with Gasteiger partial charge in [0.05, 0.1) is 24.6 Å². The van der Waals surface area contributed by atoms with Crippen LogP contribution in [-0.4, -0.2) is 58.2 Å². The van der Waals surface area contributed by atoms with E-state index in [0.717, 1.165) is 6.07 Å². The van der Waals surface area contributed by atoms with Crippen LogP contribution in [0.15, 0.2) is 18.2 Å². The lowest BCUT2D eigenvalue weighted by Gasteiger charge is -2.31. The Morgan fingerprint density at radius 2 is 2.23 bits per heavy atom. The highest BCUT2D eigenvalue weighted by molar-refractivity contribution is 5.96. The zero-order valence-electron chi connectivity index (χ0n) is 11.8. The number of amides is 2. The van der Waals surface area contributed by atoms with Crippen LogP contribution >= 0.6 is 0 Å². The summed E-state index contributed by atoms with van der Waals surface area (Å²) in [6.07, 6.45) is 0.764. The number of phenolic OH excluding ortho intramolecular Hbond substituents is 1. The van der Waals surface area contributed by atoms with E-state index in [0.29, 0.717) is 26.1 Å². The number of ether oxygens (including phenoxy) is 1. The van der Waals surface area contributed by atoms with Crippen LogP contribution in [0.1, 0.15) is 23.2 Å². The maximum atomic E-state index is 13.9. The van der Waals surface area contributed by atoms with Crippen molar-refractivity contribution in [3.8, 4) is 5.75 Å². The molecule has 1 aromatic rings. The third-order valence-corrected chi connectivity index (χ3v) is 4.84. The number of aromatic hydroxyl groups is 1. The third-order valence-electron chi connectivity index (χ3n) is 4.84. The molecule has 0 bridgehead atoms. The smallest absolute Gasteiger partial charge is 0.257 e. The minimum absolute atomic E-state index is 0.0221. The maximum Gasteiger partial charge on any atom is 0.257 e. The second kappa shape index (κ2) is 4.42. The Morgan fingerprint density at radius 1 is 1.41 bits per heavy atom. The van der Waals surface area contributed by atoms with E-state index in [9.17, 15) is 19.1 Å². The summed E-state index contributed by atoms with van der Waals surface area (Å²) in [4.78, 5) is 27.9. The lowest BCUT2D eigenvalue weighted by atomic mass is 10.1. The number of benzene rings is 1. The van der Waals surface area contributed by atoms with E-state index in [-0.39, 0.29) is 29.7 Å². The number of carbonyl (C=O) groups is 2. The molecule has 6 nitrogen and oxygen atoms in total. The summed E-state index contributed by atoms with van der Waals surface area (Å²) >= 11 is 0. The molecular weight excluding hydrogens is 291 g/mol. The molecular formula is C15H15FN2O4. The fraction of sp³-hybridized carbons (Fsp3) is 0.467. The predicted octanol–water partition coefficient (Wildman–Crippen LogP) is 0.705. The van der Waals surface area contributed by atoms with Crippen molar-refractivity contribution in [2.24, 2.45) is 0 Å². The van der Waals surface area contributed by atoms with Crippen molar-refractivity contribution < 1.29 is 23.8 Å².